The fourth-order valence-corrected chi connectivity index (χ4v) is 4.86. The molecule has 0 spiro atoms. The number of urea groups is 1. The summed E-state index contributed by atoms with van der Waals surface area (Å²) in [6, 6.07) is 0.271. The lowest BCUT2D eigenvalue weighted by molar-refractivity contribution is -0.137. The Hall–Kier alpha value is -1.93. The molecule has 3 aliphatic rings. The quantitative estimate of drug-likeness (QED) is 0.761. The Morgan fingerprint density at radius 2 is 1.87 bits per heavy atom. The molecule has 1 aromatic heterocycles. The lowest BCUT2D eigenvalue weighted by atomic mass is 9.83. The molecule has 2 aliphatic heterocycles. The van der Waals surface area contributed by atoms with E-state index in [0.29, 0.717) is 25.0 Å². The van der Waals surface area contributed by atoms with Crippen LogP contribution in [0, 0.1) is 5.92 Å². The zero-order chi connectivity index (χ0) is 20.4. The lowest BCUT2D eigenvalue weighted by Crippen LogP contribution is -2.41. The number of halogens is 1. The molecule has 0 radical (unpaired) electrons. The Kier molecular flexibility index (Phi) is 7.52. The number of carboxylic acid groups (broad SMARTS) is 1. The van der Waals surface area contributed by atoms with Crippen LogP contribution in [-0.2, 0) is 17.6 Å². The summed E-state index contributed by atoms with van der Waals surface area (Å²) in [5.41, 5.74) is 2.27. The number of anilines is 1. The molecular formula is C21H32ClN5O3. The molecule has 0 aromatic carbocycles. The standard InChI is InChI=1S/C21H31N5O3.ClH/c1-24-10-8-16-14-22-20(23-18(16)9-11-24)26-13-12-25(21(26)29)17-5-2-15(3-6-17)4-7-19(27)28;/h14-15,17H,2-13H2,1H3,(H,27,28);1H. The van der Waals surface area contributed by atoms with Gasteiger partial charge in [-0.05, 0) is 57.1 Å². The molecule has 2 amide bonds. The van der Waals surface area contributed by atoms with Crippen LogP contribution in [0.3, 0.4) is 0 Å². The maximum Gasteiger partial charge on any atom is 0.327 e. The molecule has 166 valence electrons. The van der Waals surface area contributed by atoms with E-state index in [2.05, 4.69) is 16.9 Å². The number of carboxylic acids is 1. The van der Waals surface area contributed by atoms with Gasteiger partial charge in [0.25, 0.3) is 0 Å². The largest absolute Gasteiger partial charge is 0.481 e. The van der Waals surface area contributed by atoms with Gasteiger partial charge in [0, 0.05) is 51.3 Å². The third kappa shape index (κ3) is 5.03. The first-order chi connectivity index (χ1) is 14.0. The predicted molar refractivity (Wildman–Crippen MR) is 116 cm³/mol. The molecule has 4 rings (SSSR count). The molecular weight excluding hydrogens is 406 g/mol. The van der Waals surface area contributed by atoms with Crippen LogP contribution in [0.2, 0.25) is 0 Å². The van der Waals surface area contributed by atoms with E-state index in [1.165, 1.54) is 5.56 Å². The molecule has 0 bridgehead atoms. The predicted octanol–water partition coefficient (Wildman–Crippen LogP) is 2.59. The van der Waals surface area contributed by atoms with Crippen LogP contribution < -0.4 is 4.90 Å². The van der Waals surface area contributed by atoms with Crippen molar-refractivity contribution in [2.45, 2.75) is 57.4 Å². The maximum atomic E-state index is 13.1. The Bertz CT molecular complexity index is 769. The Labute approximate surface area is 184 Å². The van der Waals surface area contributed by atoms with Gasteiger partial charge in [-0.3, -0.25) is 9.69 Å². The van der Waals surface area contributed by atoms with Gasteiger partial charge in [-0.25, -0.2) is 14.8 Å². The molecule has 0 unspecified atom stereocenters. The average Bonchev–Trinajstić information content (AvgIpc) is 3.00. The minimum Gasteiger partial charge on any atom is -0.481 e. The van der Waals surface area contributed by atoms with Crippen molar-refractivity contribution in [1.82, 2.24) is 19.8 Å². The van der Waals surface area contributed by atoms with E-state index in [4.69, 9.17) is 10.1 Å². The molecule has 9 heteroatoms. The number of likely N-dealkylation sites (N-methyl/N-ethyl adjacent to an activating group) is 1. The average molecular weight is 438 g/mol. The SMILES string of the molecule is CN1CCc2cnc(N3CCN(C4CCC(CCC(=O)O)CC4)C3=O)nc2CC1.Cl. The first-order valence-electron chi connectivity index (χ1n) is 10.8. The summed E-state index contributed by atoms with van der Waals surface area (Å²) >= 11 is 0. The number of nitrogens with zero attached hydrogens (tertiary/aromatic N) is 5. The van der Waals surface area contributed by atoms with Crippen LogP contribution in [0.1, 0.15) is 49.8 Å². The van der Waals surface area contributed by atoms with Gasteiger partial charge in [0.2, 0.25) is 5.95 Å². The number of rotatable bonds is 5. The molecule has 1 aliphatic carbocycles. The molecule has 1 saturated heterocycles. The zero-order valence-corrected chi connectivity index (χ0v) is 18.4. The zero-order valence-electron chi connectivity index (χ0n) is 17.6. The third-order valence-corrected chi connectivity index (χ3v) is 6.74. The van der Waals surface area contributed by atoms with E-state index in [1.54, 1.807) is 4.90 Å². The van der Waals surface area contributed by atoms with Gasteiger partial charge in [-0.15, -0.1) is 12.4 Å². The highest BCUT2D eigenvalue weighted by atomic mass is 35.5. The highest BCUT2D eigenvalue weighted by Crippen LogP contribution is 2.32. The van der Waals surface area contributed by atoms with Crippen LogP contribution in [0.5, 0.6) is 0 Å². The number of fused-ring (bicyclic) bond motifs is 1. The molecule has 8 nitrogen and oxygen atoms in total. The van der Waals surface area contributed by atoms with E-state index < -0.39 is 5.97 Å². The fraction of sp³-hybridized carbons (Fsp3) is 0.714. The smallest absolute Gasteiger partial charge is 0.327 e. The molecule has 1 N–H and O–H groups in total. The molecule has 0 atom stereocenters. The van der Waals surface area contributed by atoms with Crippen molar-refractivity contribution in [2.75, 3.05) is 38.1 Å². The van der Waals surface area contributed by atoms with Crippen molar-refractivity contribution < 1.29 is 14.7 Å². The topological polar surface area (TPSA) is 89.9 Å². The summed E-state index contributed by atoms with van der Waals surface area (Å²) in [4.78, 5) is 39.1. The highest BCUT2D eigenvalue weighted by molar-refractivity contribution is 5.92. The molecule has 1 saturated carbocycles. The van der Waals surface area contributed by atoms with Gasteiger partial charge >= 0.3 is 12.0 Å². The second-order valence-corrected chi connectivity index (χ2v) is 8.68. The van der Waals surface area contributed by atoms with Crippen molar-refractivity contribution in [1.29, 1.82) is 0 Å². The Morgan fingerprint density at radius 1 is 1.13 bits per heavy atom. The minimum absolute atomic E-state index is 0. The van der Waals surface area contributed by atoms with E-state index in [9.17, 15) is 9.59 Å². The van der Waals surface area contributed by atoms with Crippen molar-refractivity contribution in [3.8, 4) is 0 Å². The minimum atomic E-state index is -0.718. The second-order valence-electron chi connectivity index (χ2n) is 8.68. The van der Waals surface area contributed by atoms with Gasteiger partial charge in [0.15, 0.2) is 0 Å². The number of carbonyl (C=O) groups is 2. The van der Waals surface area contributed by atoms with Gasteiger partial charge in [-0.1, -0.05) is 0 Å². The number of aliphatic carboxylic acids is 1. The van der Waals surface area contributed by atoms with E-state index in [-0.39, 0.29) is 30.9 Å². The van der Waals surface area contributed by atoms with Crippen LogP contribution in [0.4, 0.5) is 10.7 Å². The molecule has 1 aromatic rings. The van der Waals surface area contributed by atoms with Crippen molar-refractivity contribution in [2.24, 2.45) is 5.92 Å². The van der Waals surface area contributed by atoms with Crippen LogP contribution in [0.15, 0.2) is 6.20 Å². The highest BCUT2D eigenvalue weighted by Gasteiger charge is 2.37. The van der Waals surface area contributed by atoms with E-state index in [0.717, 1.165) is 63.7 Å². The molecule has 2 fully saturated rings. The van der Waals surface area contributed by atoms with Crippen LogP contribution in [-0.4, -0.2) is 76.1 Å². The molecule has 30 heavy (non-hydrogen) atoms. The summed E-state index contributed by atoms with van der Waals surface area (Å²) in [7, 11) is 2.12. The summed E-state index contributed by atoms with van der Waals surface area (Å²) in [6.45, 7) is 3.35. The number of aromatic nitrogens is 2. The molecule has 3 heterocycles. The van der Waals surface area contributed by atoms with Crippen molar-refractivity contribution in [3.63, 3.8) is 0 Å². The van der Waals surface area contributed by atoms with Crippen LogP contribution in [0.25, 0.3) is 0 Å². The maximum absolute atomic E-state index is 13.1. The monoisotopic (exact) mass is 437 g/mol. The first kappa shape index (κ1) is 22.7. The number of hydrogen-bond acceptors (Lipinski definition) is 5. The number of amides is 2. The summed E-state index contributed by atoms with van der Waals surface area (Å²) in [5, 5.41) is 8.87. The number of carbonyl (C=O) groups excluding carboxylic acids is 1. The first-order valence-corrected chi connectivity index (χ1v) is 10.8. The normalized spacial score (nSPS) is 24.9. The van der Waals surface area contributed by atoms with Crippen LogP contribution >= 0.6 is 12.4 Å². The Morgan fingerprint density at radius 3 is 2.60 bits per heavy atom. The van der Waals surface area contributed by atoms with Crippen molar-refractivity contribution >= 4 is 30.4 Å². The van der Waals surface area contributed by atoms with Gasteiger partial charge < -0.3 is 14.9 Å². The van der Waals surface area contributed by atoms with Gasteiger partial charge in [0.05, 0.1) is 5.69 Å². The Balaban J connectivity index is 0.00000256. The van der Waals surface area contributed by atoms with Gasteiger partial charge in [0.1, 0.15) is 0 Å². The summed E-state index contributed by atoms with van der Waals surface area (Å²) in [5.74, 6) is 0.294. The second kappa shape index (κ2) is 9.92. The fourth-order valence-electron chi connectivity index (χ4n) is 4.86. The van der Waals surface area contributed by atoms with E-state index in [1.807, 2.05) is 11.1 Å². The third-order valence-electron chi connectivity index (χ3n) is 6.74. The summed E-state index contributed by atoms with van der Waals surface area (Å²) < 4.78 is 0. The van der Waals surface area contributed by atoms with E-state index >= 15 is 0 Å². The lowest BCUT2D eigenvalue weighted by Gasteiger charge is -2.34. The summed E-state index contributed by atoms with van der Waals surface area (Å²) in [6.07, 6.45) is 8.68. The van der Waals surface area contributed by atoms with Gasteiger partial charge in [-0.2, -0.15) is 0 Å². The van der Waals surface area contributed by atoms with Crippen molar-refractivity contribution in [3.05, 3.63) is 17.5 Å². The number of hydrogen-bond donors (Lipinski definition) is 1.